The molecule has 0 bridgehead atoms. The second kappa shape index (κ2) is 9.95. The minimum absolute atomic E-state index is 0.0311. The summed E-state index contributed by atoms with van der Waals surface area (Å²) in [5.41, 5.74) is 3.99. The van der Waals surface area contributed by atoms with Crippen molar-refractivity contribution in [2.45, 2.75) is 46.2 Å². The van der Waals surface area contributed by atoms with E-state index in [1.807, 2.05) is 55.5 Å². The van der Waals surface area contributed by atoms with E-state index in [0.29, 0.717) is 25.3 Å². The van der Waals surface area contributed by atoms with E-state index in [2.05, 4.69) is 27.4 Å². The fourth-order valence-corrected chi connectivity index (χ4v) is 4.16. The van der Waals surface area contributed by atoms with Crippen LogP contribution in [0.15, 0.2) is 48.5 Å². The average molecular weight is 465 g/mol. The van der Waals surface area contributed by atoms with Crippen LogP contribution in [0.2, 0.25) is 5.15 Å². The first-order valence-electron chi connectivity index (χ1n) is 11.0. The second-order valence-corrected chi connectivity index (χ2v) is 8.08. The fourth-order valence-electron chi connectivity index (χ4n) is 3.88. The number of unbranched alkanes of at least 4 members (excludes halogenated alkanes) is 1. The van der Waals surface area contributed by atoms with E-state index in [1.165, 1.54) is 0 Å². The number of rotatable bonds is 9. The number of hydrogen-bond acceptors (Lipinski definition) is 5. The Kier molecular flexibility index (Phi) is 6.84. The molecule has 8 nitrogen and oxygen atoms in total. The van der Waals surface area contributed by atoms with Crippen LogP contribution in [0.4, 0.5) is 0 Å². The van der Waals surface area contributed by atoms with Crippen LogP contribution in [0, 0.1) is 0 Å². The zero-order valence-electron chi connectivity index (χ0n) is 18.6. The van der Waals surface area contributed by atoms with Gasteiger partial charge in [-0.3, -0.25) is 0 Å². The quantitative estimate of drug-likeness (QED) is 0.375. The SMILES string of the molecule is CCCCc1nc(Cl)c(C(=O)O)n1Cc1ccc(-c2ccccc2-c2nnnn2CC)cc1. The molecular formula is C24H25ClN6O2. The molecule has 0 aliphatic heterocycles. The van der Waals surface area contributed by atoms with E-state index >= 15 is 0 Å². The van der Waals surface area contributed by atoms with Gasteiger partial charge in [0.25, 0.3) is 0 Å². The second-order valence-electron chi connectivity index (χ2n) is 7.72. The van der Waals surface area contributed by atoms with Gasteiger partial charge in [-0.2, -0.15) is 0 Å². The third-order valence-electron chi connectivity index (χ3n) is 5.57. The fraction of sp³-hybridized carbons (Fsp3) is 0.292. The van der Waals surface area contributed by atoms with E-state index in [0.717, 1.165) is 40.9 Å². The summed E-state index contributed by atoms with van der Waals surface area (Å²) >= 11 is 6.16. The summed E-state index contributed by atoms with van der Waals surface area (Å²) in [5, 5.41) is 21.8. The molecule has 170 valence electrons. The molecule has 0 radical (unpaired) electrons. The van der Waals surface area contributed by atoms with Crippen LogP contribution in [-0.4, -0.2) is 40.8 Å². The van der Waals surface area contributed by atoms with Crippen LogP contribution in [0.25, 0.3) is 22.5 Å². The molecule has 0 saturated carbocycles. The monoisotopic (exact) mass is 464 g/mol. The molecule has 0 saturated heterocycles. The van der Waals surface area contributed by atoms with E-state index in [-0.39, 0.29) is 10.8 Å². The Bertz CT molecular complexity index is 1260. The van der Waals surface area contributed by atoms with Crippen LogP contribution in [0.3, 0.4) is 0 Å². The van der Waals surface area contributed by atoms with Crippen molar-refractivity contribution >= 4 is 17.6 Å². The van der Waals surface area contributed by atoms with Crippen LogP contribution in [0.5, 0.6) is 0 Å². The Balaban J connectivity index is 1.66. The number of tetrazole rings is 1. The molecule has 9 heteroatoms. The first-order valence-corrected chi connectivity index (χ1v) is 11.3. The summed E-state index contributed by atoms with van der Waals surface area (Å²) in [5.74, 6) is 0.339. The van der Waals surface area contributed by atoms with Crippen molar-refractivity contribution in [2.75, 3.05) is 0 Å². The van der Waals surface area contributed by atoms with Gasteiger partial charge in [-0.05, 0) is 40.5 Å². The average Bonchev–Trinajstić information content (AvgIpc) is 3.42. The molecule has 0 aliphatic rings. The summed E-state index contributed by atoms with van der Waals surface area (Å²) in [6.07, 6.45) is 2.59. The normalized spacial score (nSPS) is 11.1. The molecule has 0 unspecified atom stereocenters. The van der Waals surface area contributed by atoms with Gasteiger partial charge in [0.2, 0.25) is 0 Å². The lowest BCUT2D eigenvalue weighted by Crippen LogP contribution is -2.13. The summed E-state index contributed by atoms with van der Waals surface area (Å²) in [7, 11) is 0. The Morgan fingerprint density at radius 2 is 1.79 bits per heavy atom. The van der Waals surface area contributed by atoms with Crippen LogP contribution < -0.4 is 0 Å². The van der Waals surface area contributed by atoms with Crippen LogP contribution in [0.1, 0.15) is 48.6 Å². The number of nitrogens with zero attached hydrogens (tertiary/aromatic N) is 6. The molecule has 0 aliphatic carbocycles. The standard InChI is InChI=1S/C24H25ClN6O2/c1-3-5-10-20-26-22(25)21(24(32)33)30(20)15-16-11-13-17(14-12-16)18-8-6-7-9-19(18)23-27-28-29-31(23)4-2/h6-9,11-14H,3-5,10,15H2,1-2H3,(H,32,33). The molecule has 4 rings (SSSR count). The van der Waals surface area contributed by atoms with E-state index in [4.69, 9.17) is 11.6 Å². The predicted octanol–water partition coefficient (Wildman–Crippen LogP) is 4.97. The molecule has 2 aromatic carbocycles. The van der Waals surface area contributed by atoms with E-state index in [9.17, 15) is 9.90 Å². The predicted molar refractivity (Wildman–Crippen MR) is 126 cm³/mol. The number of carboxylic acids is 1. The van der Waals surface area contributed by atoms with E-state index in [1.54, 1.807) is 9.25 Å². The first-order chi connectivity index (χ1) is 16.0. The minimum Gasteiger partial charge on any atom is -0.476 e. The molecule has 0 fully saturated rings. The third-order valence-corrected chi connectivity index (χ3v) is 5.83. The molecule has 2 heterocycles. The Hall–Kier alpha value is -3.52. The molecule has 1 N–H and O–H groups in total. The lowest BCUT2D eigenvalue weighted by Gasteiger charge is -2.12. The van der Waals surface area contributed by atoms with Crippen LogP contribution in [-0.2, 0) is 19.5 Å². The van der Waals surface area contributed by atoms with Gasteiger partial charge in [-0.15, -0.1) is 5.10 Å². The van der Waals surface area contributed by atoms with Crippen molar-refractivity contribution in [2.24, 2.45) is 0 Å². The molecular weight excluding hydrogens is 440 g/mol. The number of aromatic carboxylic acids is 1. The summed E-state index contributed by atoms with van der Waals surface area (Å²) in [4.78, 5) is 16.1. The zero-order chi connectivity index (χ0) is 23.4. The molecule has 33 heavy (non-hydrogen) atoms. The highest BCUT2D eigenvalue weighted by molar-refractivity contribution is 6.32. The largest absolute Gasteiger partial charge is 0.476 e. The van der Waals surface area contributed by atoms with Crippen molar-refractivity contribution in [3.05, 3.63) is 70.8 Å². The van der Waals surface area contributed by atoms with Gasteiger partial charge in [0.05, 0.1) is 0 Å². The van der Waals surface area contributed by atoms with Crippen molar-refractivity contribution in [1.82, 2.24) is 29.8 Å². The topological polar surface area (TPSA) is 98.7 Å². The lowest BCUT2D eigenvalue weighted by atomic mass is 9.98. The number of carbonyl (C=O) groups is 1. The maximum absolute atomic E-state index is 11.8. The van der Waals surface area contributed by atoms with Gasteiger partial charge >= 0.3 is 5.97 Å². The van der Waals surface area contributed by atoms with Gasteiger partial charge in [-0.25, -0.2) is 14.5 Å². The lowest BCUT2D eigenvalue weighted by molar-refractivity contribution is 0.0685. The first kappa shape index (κ1) is 22.7. The van der Waals surface area contributed by atoms with Crippen molar-refractivity contribution in [1.29, 1.82) is 0 Å². The summed E-state index contributed by atoms with van der Waals surface area (Å²) < 4.78 is 3.47. The number of halogens is 1. The number of aryl methyl sites for hydroxylation is 2. The maximum atomic E-state index is 11.8. The Morgan fingerprint density at radius 3 is 2.45 bits per heavy atom. The Labute approximate surface area is 196 Å². The van der Waals surface area contributed by atoms with E-state index < -0.39 is 5.97 Å². The van der Waals surface area contributed by atoms with Gasteiger partial charge in [0.1, 0.15) is 5.82 Å². The van der Waals surface area contributed by atoms with Crippen LogP contribution >= 0.6 is 11.6 Å². The Morgan fingerprint density at radius 1 is 1.06 bits per heavy atom. The molecule has 0 amide bonds. The maximum Gasteiger partial charge on any atom is 0.355 e. The van der Waals surface area contributed by atoms with Crippen molar-refractivity contribution in [3.8, 4) is 22.5 Å². The van der Waals surface area contributed by atoms with Crippen molar-refractivity contribution in [3.63, 3.8) is 0 Å². The highest BCUT2D eigenvalue weighted by Gasteiger charge is 2.21. The van der Waals surface area contributed by atoms with Crippen molar-refractivity contribution < 1.29 is 9.90 Å². The molecule has 0 spiro atoms. The molecule has 0 atom stereocenters. The highest BCUT2D eigenvalue weighted by atomic mass is 35.5. The summed E-state index contributed by atoms with van der Waals surface area (Å²) in [6.45, 7) is 5.15. The number of imidazole rings is 1. The highest BCUT2D eigenvalue weighted by Crippen LogP contribution is 2.31. The summed E-state index contributed by atoms with van der Waals surface area (Å²) in [6, 6.07) is 16.1. The third kappa shape index (κ3) is 4.66. The minimum atomic E-state index is -1.07. The van der Waals surface area contributed by atoms with Gasteiger partial charge in [0, 0.05) is 25.1 Å². The van der Waals surface area contributed by atoms with Gasteiger partial charge < -0.3 is 9.67 Å². The van der Waals surface area contributed by atoms with Gasteiger partial charge in [-0.1, -0.05) is 73.5 Å². The number of aromatic nitrogens is 6. The molecule has 2 aromatic heterocycles. The zero-order valence-corrected chi connectivity index (χ0v) is 19.3. The van der Waals surface area contributed by atoms with Gasteiger partial charge in [0.15, 0.2) is 16.7 Å². The number of carboxylic acid groups (broad SMARTS) is 1. The number of hydrogen-bond donors (Lipinski definition) is 1. The smallest absolute Gasteiger partial charge is 0.355 e. The number of benzene rings is 2. The molecule has 4 aromatic rings.